The average Bonchev–Trinajstić information content (AvgIpc) is 2.10. The van der Waals surface area contributed by atoms with Crippen LogP contribution in [0.25, 0.3) is 0 Å². The summed E-state index contributed by atoms with van der Waals surface area (Å²) in [6.07, 6.45) is 3.47. The standard InChI is InChI=1S/C9H14O3S2/c1-3-11-8(10)6-4-7(5-6)12-9(13)14-2/h6-7H,3-5H2,1-2H3/t6-,7+. The second-order valence-corrected chi connectivity index (χ2v) is 4.52. The lowest BCUT2D eigenvalue weighted by atomic mass is 9.82. The first-order valence-electron chi connectivity index (χ1n) is 4.58. The van der Waals surface area contributed by atoms with Crippen LogP contribution in [0.3, 0.4) is 0 Å². The van der Waals surface area contributed by atoms with Crippen molar-refractivity contribution in [1.82, 2.24) is 0 Å². The van der Waals surface area contributed by atoms with Crippen LogP contribution in [0, 0.1) is 5.92 Å². The third-order valence-corrected chi connectivity index (χ3v) is 3.17. The molecule has 0 unspecified atom stereocenters. The van der Waals surface area contributed by atoms with Gasteiger partial charge in [-0.1, -0.05) is 11.8 Å². The number of carbonyl (C=O) groups is 1. The van der Waals surface area contributed by atoms with Crippen molar-refractivity contribution in [2.45, 2.75) is 25.9 Å². The number of ether oxygens (including phenoxy) is 2. The summed E-state index contributed by atoms with van der Waals surface area (Å²) in [7, 11) is 0. The molecule has 1 aliphatic carbocycles. The van der Waals surface area contributed by atoms with Crippen molar-refractivity contribution < 1.29 is 14.3 Å². The van der Waals surface area contributed by atoms with Gasteiger partial charge in [0.15, 0.2) is 0 Å². The molecule has 14 heavy (non-hydrogen) atoms. The van der Waals surface area contributed by atoms with Gasteiger partial charge in [0.1, 0.15) is 6.10 Å². The lowest BCUT2D eigenvalue weighted by Gasteiger charge is -2.33. The van der Waals surface area contributed by atoms with Crippen LogP contribution >= 0.6 is 24.0 Å². The summed E-state index contributed by atoms with van der Waals surface area (Å²) in [5.41, 5.74) is 0. The van der Waals surface area contributed by atoms with Gasteiger partial charge in [0.05, 0.1) is 12.5 Å². The minimum Gasteiger partial charge on any atom is -0.475 e. The Morgan fingerprint density at radius 3 is 2.71 bits per heavy atom. The van der Waals surface area contributed by atoms with E-state index in [1.165, 1.54) is 11.8 Å². The monoisotopic (exact) mass is 234 g/mol. The summed E-state index contributed by atoms with van der Waals surface area (Å²) in [5, 5.41) is 0. The molecule has 1 aliphatic rings. The predicted molar refractivity (Wildman–Crippen MR) is 60.3 cm³/mol. The molecular weight excluding hydrogens is 220 g/mol. The number of hydrogen-bond acceptors (Lipinski definition) is 5. The molecule has 0 aromatic heterocycles. The summed E-state index contributed by atoms with van der Waals surface area (Å²) in [6, 6.07) is 0. The average molecular weight is 234 g/mol. The number of thioether (sulfide) groups is 1. The molecule has 0 atom stereocenters. The zero-order valence-corrected chi connectivity index (χ0v) is 9.95. The lowest BCUT2D eigenvalue weighted by Crippen LogP contribution is -2.37. The van der Waals surface area contributed by atoms with E-state index < -0.39 is 0 Å². The van der Waals surface area contributed by atoms with E-state index in [4.69, 9.17) is 21.7 Å². The highest BCUT2D eigenvalue weighted by Crippen LogP contribution is 2.32. The Bertz CT molecular complexity index is 224. The second-order valence-electron chi connectivity index (χ2n) is 3.11. The topological polar surface area (TPSA) is 35.5 Å². The van der Waals surface area contributed by atoms with Crippen molar-refractivity contribution in [3.63, 3.8) is 0 Å². The fourth-order valence-electron chi connectivity index (χ4n) is 1.30. The van der Waals surface area contributed by atoms with E-state index >= 15 is 0 Å². The molecule has 0 aliphatic heterocycles. The number of hydrogen-bond donors (Lipinski definition) is 0. The third kappa shape index (κ3) is 3.13. The normalized spacial score (nSPS) is 25.0. The molecule has 1 fully saturated rings. The highest BCUT2D eigenvalue weighted by Gasteiger charge is 2.37. The maximum absolute atomic E-state index is 11.2. The molecule has 0 aromatic carbocycles. The highest BCUT2D eigenvalue weighted by molar-refractivity contribution is 8.22. The van der Waals surface area contributed by atoms with E-state index in [9.17, 15) is 4.79 Å². The van der Waals surface area contributed by atoms with Gasteiger partial charge in [-0.2, -0.15) is 0 Å². The molecule has 1 saturated carbocycles. The molecule has 0 saturated heterocycles. The molecule has 3 nitrogen and oxygen atoms in total. The Morgan fingerprint density at radius 1 is 1.57 bits per heavy atom. The van der Waals surface area contributed by atoms with Gasteiger partial charge in [0.2, 0.25) is 4.38 Å². The first-order chi connectivity index (χ1) is 6.67. The van der Waals surface area contributed by atoms with Crippen molar-refractivity contribution in [3.8, 4) is 0 Å². The van der Waals surface area contributed by atoms with E-state index in [1.807, 2.05) is 13.2 Å². The Morgan fingerprint density at radius 2 is 2.21 bits per heavy atom. The van der Waals surface area contributed by atoms with Gasteiger partial charge >= 0.3 is 5.97 Å². The molecular formula is C9H14O3S2. The van der Waals surface area contributed by atoms with Gasteiger partial charge in [-0.25, -0.2) is 0 Å². The van der Waals surface area contributed by atoms with Gasteiger partial charge < -0.3 is 9.47 Å². The SMILES string of the molecule is CCOC(=O)[C@H]1C[C@@H](OC(=S)SC)C1. The number of esters is 1. The molecule has 1 rings (SSSR count). The first-order valence-corrected chi connectivity index (χ1v) is 6.22. The molecule has 0 spiro atoms. The molecule has 5 heteroatoms. The molecule has 0 aromatic rings. The van der Waals surface area contributed by atoms with Crippen LogP contribution in [-0.4, -0.2) is 29.3 Å². The van der Waals surface area contributed by atoms with Crippen LogP contribution in [-0.2, 0) is 14.3 Å². The Hall–Kier alpha value is -0.290. The van der Waals surface area contributed by atoms with E-state index in [0.29, 0.717) is 11.0 Å². The van der Waals surface area contributed by atoms with Gasteiger partial charge in [0.25, 0.3) is 0 Å². The highest BCUT2D eigenvalue weighted by atomic mass is 32.2. The zero-order valence-electron chi connectivity index (χ0n) is 8.32. The minimum absolute atomic E-state index is 0.0182. The van der Waals surface area contributed by atoms with Gasteiger partial charge in [-0.15, -0.1) is 0 Å². The Kier molecular flexibility index (Phi) is 4.68. The Balaban J connectivity index is 2.17. The molecule has 0 bridgehead atoms. The van der Waals surface area contributed by atoms with E-state index in [1.54, 1.807) is 0 Å². The van der Waals surface area contributed by atoms with Crippen molar-refractivity contribution >= 4 is 34.3 Å². The smallest absolute Gasteiger partial charge is 0.309 e. The van der Waals surface area contributed by atoms with Crippen molar-refractivity contribution in [3.05, 3.63) is 0 Å². The third-order valence-electron chi connectivity index (χ3n) is 2.14. The lowest BCUT2D eigenvalue weighted by molar-refractivity contribution is -0.154. The van der Waals surface area contributed by atoms with Crippen LogP contribution in [0.5, 0.6) is 0 Å². The van der Waals surface area contributed by atoms with Gasteiger partial charge in [-0.3, -0.25) is 4.79 Å². The summed E-state index contributed by atoms with van der Waals surface area (Å²) in [6.45, 7) is 2.26. The van der Waals surface area contributed by atoms with Crippen LogP contribution in [0.2, 0.25) is 0 Å². The maximum atomic E-state index is 11.2. The zero-order chi connectivity index (χ0) is 10.6. The summed E-state index contributed by atoms with van der Waals surface area (Å²) in [5.74, 6) is -0.0907. The fraction of sp³-hybridized carbons (Fsp3) is 0.778. The van der Waals surface area contributed by atoms with E-state index in [2.05, 4.69) is 0 Å². The largest absolute Gasteiger partial charge is 0.475 e. The van der Waals surface area contributed by atoms with Crippen molar-refractivity contribution in [2.75, 3.05) is 12.9 Å². The van der Waals surface area contributed by atoms with Crippen LogP contribution in [0.15, 0.2) is 0 Å². The molecule has 80 valence electrons. The molecule has 0 amide bonds. The Labute approximate surface area is 93.5 Å². The van der Waals surface area contributed by atoms with Crippen molar-refractivity contribution in [2.24, 2.45) is 5.92 Å². The van der Waals surface area contributed by atoms with Crippen LogP contribution in [0.1, 0.15) is 19.8 Å². The van der Waals surface area contributed by atoms with Crippen molar-refractivity contribution in [1.29, 1.82) is 0 Å². The molecule has 0 radical (unpaired) electrons. The predicted octanol–water partition coefficient (Wildman–Crippen LogP) is 1.99. The number of carbonyl (C=O) groups excluding carboxylic acids is 1. The summed E-state index contributed by atoms with van der Waals surface area (Å²) >= 11 is 6.33. The maximum Gasteiger partial charge on any atom is 0.309 e. The quantitative estimate of drug-likeness (QED) is 0.551. The minimum atomic E-state index is -0.109. The number of rotatable bonds is 3. The summed E-state index contributed by atoms with van der Waals surface area (Å²) in [4.78, 5) is 11.2. The van der Waals surface area contributed by atoms with E-state index in [0.717, 1.165) is 12.8 Å². The first kappa shape index (κ1) is 11.8. The van der Waals surface area contributed by atoms with Gasteiger partial charge in [0, 0.05) is 0 Å². The molecule has 0 N–H and O–H groups in total. The van der Waals surface area contributed by atoms with Gasteiger partial charge in [-0.05, 0) is 38.2 Å². The fourth-order valence-corrected chi connectivity index (χ4v) is 1.67. The van der Waals surface area contributed by atoms with Crippen LogP contribution in [0.4, 0.5) is 0 Å². The van der Waals surface area contributed by atoms with Crippen LogP contribution < -0.4 is 0 Å². The number of thiocarbonyl (C=S) groups is 1. The second kappa shape index (κ2) is 5.56. The molecule has 0 heterocycles. The summed E-state index contributed by atoms with van der Waals surface area (Å²) < 4.78 is 10.8. The van der Waals surface area contributed by atoms with E-state index in [-0.39, 0.29) is 18.0 Å².